The number of aromatic nitrogens is 4. The Labute approximate surface area is 199 Å². The van der Waals surface area contributed by atoms with Crippen molar-refractivity contribution in [3.05, 3.63) is 28.7 Å². The number of nitrogens with zero attached hydrogens (tertiary/aromatic N) is 6. The number of hydrogen-bond donors (Lipinski definition) is 1. The van der Waals surface area contributed by atoms with Crippen LogP contribution in [-0.2, 0) is 6.54 Å². The predicted octanol–water partition coefficient (Wildman–Crippen LogP) is 2.97. The van der Waals surface area contributed by atoms with Crippen LogP contribution in [-0.4, -0.2) is 80.3 Å². The smallest absolute Gasteiger partial charge is 0.320 e. The van der Waals surface area contributed by atoms with Crippen LogP contribution in [0.15, 0.2) is 4.52 Å². The second-order valence-electron chi connectivity index (χ2n) is 12.5. The monoisotopic (exact) mass is 463 g/mol. The molecular formula is C25H33N7O2. The fourth-order valence-electron chi connectivity index (χ4n) is 7.15. The van der Waals surface area contributed by atoms with E-state index in [0.717, 1.165) is 76.1 Å². The number of rotatable bonds is 5. The molecule has 2 aromatic rings. The minimum Gasteiger partial charge on any atom is -0.361 e. The fraction of sp³-hybridized carbons (Fsp3) is 0.760. The van der Waals surface area contributed by atoms with Crippen molar-refractivity contribution in [1.82, 2.24) is 35.0 Å². The number of hydrogen-bond acceptors (Lipinski definition) is 6. The van der Waals surface area contributed by atoms with Gasteiger partial charge in [0, 0.05) is 80.0 Å². The maximum absolute atomic E-state index is 13.0. The molecule has 2 amide bonds. The molecule has 3 aliphatic carbocycles. The molecule has 0 bridgehead atoms. The van der Waals surface area contributed by atoms with E-state index < -0.39 is 0 Å². The van der Waals surface area contributed by atoms with Crippen molar-refractivity contribution in [3.63, 3.8) is 0 Å². The number of carbonyl (C=O) groups excluding carboxylic acids is 1. The van der Waals surface area contributed by atoms with Crippen molar-refractivity contribution in [2.24, 2.45) is 10.8 Å². The van der Waals surface area contributed by atoms with Crippen LogP contribution in [0.25, 0.3) is 0 Å². The van der Waals surface area contributed by atoms with Crippen molar-refractivity contribution >= 4 is 6.03 Å². The summed E-state index contributed by atoms with van der Waals surface area (Å²) in [5.41, 5.74) is 3.14. The summed E-state index contributed by atoms with van der Waals surface area (Å²) < 4.78 is 5.48. The summed E-state index contributed by atoms with van der Waals surface area (Å²) in [4.78, 5) is 24.4. The highest BCUT2D eigenvalue weighted by atomic mass is 16.5. The van der Waals surface area contributed by atoms with Crippen molar-refractivity contribution in [2.75, 3.05) is 39.3 Å². The van der Waals surface area contributed by atoms with E-state index in [2.05, 4.69) is 30.1 Å². The molecule has 3 saturated carbocycles. The van der Waals surface area contributed by atoms with Crippen LogP contribution in [0.4, 0.5) is 4.79 Å². The zero-order chi connectivity index (χ0) is 22.7. The van der Waals surface area contributed by atoms with Gasteiger partial charge in [0.05, 0.1) is 5.69 Å². The van der Waals surface area contributed by atoms with Crippen LogP contribution in [0.1, 0.15) is 84.9 Å². The molecule has 0 atom stereocenters. The van der Waals surface area contributed by atoms with E-state index in [1.54, 1.807) is 0 Å². The molecule has 3 saturated heterocycles. The van der Waals surface area contributed by atoms with Gasteiger partial charge < -0.3 is 14.3 Å². The first-order valence-corrected chi connectivity index (χ1v) is 13.1. The largest absolute Gasteiger partial charge is 0.361 e. The second-order valence-corrected chi connectivity index (χ2v) is 12.5. The quantitative estimate of drug-likeness (QED) is 0.733. The first-order chi connectivity index (χ1) is 16.5. The highest BCUT2D eigenvalue weighted by molar-refractivity contribution is 5.77. The van der Waals surface area contributed by atoms with Gasteiger partial charge in [-0.25, -0.2) is 9.78 Å². The molecule has 9 nitrogen and oxygen atoms in total. The number of carbonyl (C=O) groups is 1. The van der Waals surface area contributed by atoms with Gasteiger partial charge in [-0.05, 0) is 45.4 Å². The standard InChI is InChI=1S/C25H33N7O2/c1-15-19(20(29-34-15)16-2-3-16)8-30-9-25(10-30)13-32(14-25)23(33)31-11-24(12-31)6-18(7-24)22-26-21(27-28-22)17-4-5-17/h16-18H,2-14H2,1H3,(H,26,27,28). The number of nitrogens with one attached hydrogen (secondary N) is 1. The minimum atomic E-state index is 0.248. The Morgan fingerprint density at radius 2 is 1.65 bits per heavy atom. The highest BCUT2D eigenvalue weighted by Gasteiger charge is 2.58. The number of H-pyrrole nitrogens is 1. The molecule has 0 unspecified atom stereocenters. The van der Waals surface area contributed by atoms with Gasteiger partial charge >= 0.3 is 6.03 Å². The zero-order valence-electron chi connectivity index (χ0n) is 19.9. The topological polar surface area (TPSA) is 94.4 Å². The van der Waals surface area contributed by atoms with Crippen LogP contribution in [0.5, 0.6) is 0 Å². The third-order valence-electron chi connectivity index (χ3n) is 9.33. The van der Waals surface area contributed by atoms with E-state index in [-0.39, 0.29) is 6.03 Å². The lowest BCUT2D eigenvalue weighted by Gasteiger charge is -2.63. The van der Waals surface area contributed by atoms with E-state index in [1.807, 2.05) is 6.92 Å². The van der Waals surface area contributed by atoms with Gasteiger partial charge in [0.1, 0.15) is 11.6 Å². The summed E-state index contributed by atoms with van der Waals surface area (Å²) in [6.45, 7) is 8.78. The Kier molecular flexibility index (Phi) is 3.86. The predicted molar refractivity (Wildman–Crippen MR) is 122 cm³/mol. The molecule has 8 rings (SSSR count). The summed E-state index contributed by atoms with van der Waals surface area (Å²) in [6, 6.07) is 0.248. The van der Waals surface area contributed by atoms with Crippen LogP contribution >= 0.6 is 0 Å². The van der Waals surface area contributed by atoms with Crippen molar-refractivity contribution < 1.29 is 9.32 Å². The molecule has 6 fully saturated rings. The van der Waals surface area contributed by atoms with Gasteiger partial charge in [0.25, 0.3) is 0 Å². The van der Waals surface area contributed by atoms with E-state index >= 15 is 0 Å². The first kappa shape index (κ1) is 19.8. The van der Waals surface area contributed by atoms with E-state index in [9.17, 15) is 4.79 Å². The Morgan fingerprint density at radius 3 is 2.32 bits per heavy atom. The number of aryl methyl sites for hydroxylation is 1. The van der Waals surface area contributed by atoms with Gasteiger partial charge in [-0.1, -0.05) is 5.16 Å². The van der Waals surface area contributed by atoms with Gasteiger partial charge in [0.2, 0.25) is 0 Å². The lowest BCUT2D eigenvalue weighted by atomic mass is 9.57. The van der Waals surface area contributed by atoms with Crippen molar-refractivity contribution in [3.8, 4) is 0 Å². The average Bonchev–Trinajstić information content (AvgIpc) is 3.64. The van der Waals surface area contributed by atoms with Gasteiger partial charge in [-0.3, -0.25) is 10.00 Å². The zero-order valence-corrected chi connectivity index (χ0v) is 19.9. The summed E-state index contributed by atoms with van der Waals surface area (Å²) in [7, 11) is 0. The Hall–Kier alpha value is -2.42. The Balaban J connectivity index is 0.799. The van der Waals surface area contributed by atoms with E-state index in [1.165, 1.54) is 36.9 Å². The molecule has 0 aromatic carbocycles. The van der Waals surface area contributed by atoms with Crippen LogP contribution in [0, 0.1) is 17.8 Å². The molecule has 1 N–H and O–H groups in total. The second kappa shape index (κ2) is 6.62. The molecule has 0 radical (unpaired) electrons. The maximum atomic E-state index is 13.0. The lowest BCUT2D eigenvalue weighted by molar-refractivity contribution is -0.117. The molecule has 34 heavy (non-hydrogen) atoms. The Morgan fingerprint density at radius 1 is 0.971 bits per heavy atom. The SMILES string of the molecule is Cc1onc(C2CC2)c1CN1CC2(C1)CN(C(=O)N1CC3(CC(c4n[nH]c(C5CC5)n4)C3)C1)C2. The summed E-state index contributed by atoms with van der Waals surface area (Å²) in [5.74, 6) is 4.79. The normalized spacial score (nSPS) is 27.4. The number of likely N-dealkylation sites (tertiary alicyclic amines) is 3. The van der Waals surface area contributed by atoms with E-state index in [4.69, 9.17) is 9.51 Å². The Bertz CT molecular complexity index is 1130. The summed E-state index contributed by atoms with van der Waals surface area (Å²) in [5, 5.41) is 11.9. The molecule has 5 heterocycles. The molecule has 3 aliphatic heterocycles. The number of aromatic amines is 1. The summed E-state index contributed by atoms with van der Waals surface area (Å²) in [6.07, 6.45) is 7.25. The molecule has 6 aliphatic rings. The lowest BCUT2D eigenvalue weighted by Crippen LogP contribution is -2.75. The van der Waals surface area contributed by atoms with Crippen LogP contribution in [0.3, 0.4) is 0 Å². The number of amides is 2. The van der Waals surface area contributed by atoms with E-state index in [0.29, 0.717) is 28.6 Å². The highest BCUT2D eigenvalue weighted by Crippen LogP contribution is 2.56. The fourth-order valence-corrected chi connectivity index (χ4v) is 7.15. The third kappa shape index (κ3) is 3.01. The molecule has 2 spiro atoms. The molecular weight excluding hydrogens is 430 g/mol. The minimum absolute atomic E-state index is 0.248. The average molecular weight is 464 g/mol. The molecule has 9 heteroatoms. The third-order valence-corrected chi connectivity index (χ3v) is 9.33. The van der Waals surface area contributed by atoms with Gasteiger partial charge in [-0.15, -0.1) is 0 Å². The number of urea groups is 1. The maximum Gasteiger partial charge on any atom is 0.320 e. The van der Waals surface area contributed by atoms with Crippen molar-refractivity contribution in [1.29, 1.82) is 0 Å². The molecule has 2 aromatic heterocycles. The first-order valence-electron chi connectivity index (χ1n) is 13.1. The summed E-state index contributed by atoms with van der Waals surface area (Å²) >= 11 is 0. The van der Waals surface area contributed by atoms with Gasteiger partial charge in [-0.2, -0.15) is 5.10 Å². The van der Waals surface area contributed by atoms with Crippen LogP contribution in [0.2, 0.25) is 0 Å². The van der Waals surface area contributed by atoms with Gasteiger partial charge in [0.15, 0.2) is 5.82 Å². The molecule has 180 valence electrons. The van der Waals surface area contributed by atoms with Crippen LogP contribution < -0.4 is 0 Å². The van der Waals surface area contributed by atoms with Crippen molar-refractivity contribution in [2.45, 2.75) is 69.7 Å².